The van der Waals surface area contributed by atoms with Crippen LogP contribution in [0.3, 0.4) is 0 Å². The monoisotopic (exact) mass is 428 g/mol. The molecule has 1 aromatic heterocycles. The number of nitrogens with one attached hydrogen (secondary N) is 1. The third-order valence-electron chi connectivity index (χ3n) is 3.93. The Morgan fingerprint density at radius 2 is 1.85 bits per heavy atom. The Balaban J connectivity index is 1.75. The molecule has 0 aliphatic rings. The maximum atomic E-state index is 12.4. The molecule has 0 spiro atoms. The lowest BCUT2D eigenvalue weighted by Crippen LogP contribution is -2.20. The molecule has 138 valence electrons. The van der Waals surface area contributed by atoms with Gasteiger partial charge < -0.3 is 14.6 Å². The minimum atomic E-state index is -0.402. The summed E-state index contributed by atoms with van der Waals surface area (Å²) in [6.45, 7) is 2.10. The van der Waals surface area contributed by atoms with Gasteiger partial charge in [0.15, 0.2) is 5.43 Å². The zero-order valence-corrected chi connectivity index (χ0v) is 16.2. The number of amides is 1. The van der Waals surface area contributed by atoms with E-state index in [4.69, 9.17) is 4.74 Å². The highest BCUT2D eigenvalue weighted by Crippen LogP contribution is 2.17. The summed E-state index contributed by atoms with van der Waals surface area (Å²) >= 11 is 3.35. The molecule has 0 saturated carbocycles. The van der Waals surface area contributed by atoms with Gasteiger partial charge in [-0.25, -0.2) is 4.79 Å². The van der Waals surface area contributed by atoms with Gasteiger partial charge in [0.1, 0.15) is 6.54 Å². The summed E-state index contributed by atoms with van der Waals surface area (Å²) in [5.41, 5.74) is 1.57. The van der Waals surface area contributed by atoms with Crippen LogP contribution in [0.25, 0.3) is 10.9 Å². The molecule has 0 unspecified atom stereocenters. The minimum absolute atomic E-state index is 0.0536. The number of aromatic nitrogens is 1. The number of ether oxygens (including phenoxy) is 1. The standard InChI is InChI=1S/C20H17BrN2O4/c1-2-27-20(26)13-3-6-15(7-4-13)22-19(25)12-23-10-9-18(24)16-11-14(21)5-8-17(16)23/h3-11H,2,12H2,1H3,(H,22,25). The second-order valence-electron chi connectivity index (χ2n) is 5.82. The summed E-state index contributed by atoms with van der Waals surface area (Å²) in [6, 6.07) is 13.3. The van der Waals surface area contributed by atoms with Gasteiger partial charge in [-0.2, -0.15) is 0 Å². The fraction of sp³-hybridized carbons (Fsp3) is 0.150. The van der Waals surface area contributed by atoms with E-state index >= 15 is 0 Å². The van der Waals surface area contributed by atoms with E-state index in [-0.39, 0.29) is 17.9 Å². The van der Waals surface area contributed by atoms with Crippen LogP contribution in [-0.2, 0) is 16.1 Å². The fourth-order valence-electron chi connectivity index (χ4n) is 2.68. The van der Waals surface area contributed by atoms with Crippen LogP contribution in [0, 0.1) is 0 Å². The van der Waals surface area contributed by atoms with Gasteiger partial charge >= 0.3 is 5.97 Å². The van der Waals surface area contributed by atoms with E-state index in [2.05, 4.69) is 21.2 Å². The van der Waals surface area contributed by atoms with Gasteiger partial charge in [0.25, 0.3) is 0 Å². The highest BCUT2D eigenvalue weighted by atomic mass is 79.9. The van der Waals surface area contributed by atoms with E-state index in [1.807, 2.05) is 6.07 Å². The lowest BCUT2D eigenvalue weighted by molar-refractivity contribution is -0.116. The molecular formula is C20H17BrN2O4. The Labute approximate surface area is 163 Å². The third-order valence-corrected chi connectivity index (χ3v) is 4.43. The summed E-state index contributed by atoms with van der Waals surface area (Å²) in [5, 5.41) is 3.32. The summed E-state index contributed by atoms with van der Waals surface area (Å²) in [5.74, 6) is -0.645. The van der Waals surface area contributed by atoms with Crippen molar-refractivity contribution >= 4 is 44.4 Å². The van der Waals surface area contributed by atoms with E-state index in [0.717, 1.165) is 4.47 Å². The molecular weight excluding hydrogens is 412 g/mol. The minimum Gasteiger partial charge on any atom is -0.462 e. The van der Waals surface area contributed by atoms with Gasteiger partial charge in [0.05, 0.1) is 17.7 Å². The maximum Gasteiger partial charge on any atom is 0.338 e. The van der Waals surface area contributed by atoms with Crippen molar-refractivity contribution in [2.24, 2.45) is 0 Å². The topological polar surface area (TPSA) is 77.4 Å². The molecule has 3 aromatic rings. The van der Waals surface area contributed by atoms with Crippen LogP contribution in [0.1, 0.15) is 17.3 Å². The number of esters is 1. The van der Waals surface area contributed by atoms with Crippen molar-refractivity contribution in [2.45, 2.75) is 13.5 Å². The SMILES string of the molecule is CCOC(=O)c1ccc(NC(=O)Cn2ccc(=O)c3cc(Br)ccc32)cc1. The molecule has 0 aliphatic heterocycles. The van der Waals surface area contributed by atoms with Crippen LogP contribution < -0.4 is 10.7 Å². The molecule has 0 aliphatic carbocycles. The highest BCUT2D eigenvalue weighted by molar-refractivity contribution is 9.10. The van der Waals surface area contributed by atoms with E-state index in [1.165, 1.54) is 6.07 Å². The van der Waals surface area contributed by atoms with Gasteiger partial charge in [-0.3, -0.25) is 9.59 Å². The predicted molar refractivity (Wildman–Crippen MR) is 107 cm³/mol. The zero-order valence-electron chi connectivity index (χ0n) is 14.6. The first kappa shape index (κ1) is 18.8. The average Bonchev–Trinajstić information content (AvgIpc) is 2.65. The van der Waals surface area contributed by atoms with Crippen molar-refractivity contribution in [3.63, 3.8) is 0 Å². The summed E-state index contributed by atoms with van der Waals surface area (Å²) in [7, 11) is 0. The highest BCUT2D eigenvalue weighted by Gasteiger charge is 2.09. The normalized spacial score (nSPS) is 10.6. The van der Waals surface area contributed by atoms with E-state index in [0.29, 0.717) is 28.8 Å². The Hall–Kier alpha value is -2.93. The van der Waals surface area contributed by atoms with Gasteiger partial charge in [0, 0.05) is 27.8 Å². The summed E-state index contributed by atoms with van der Waals surface area (Å²) in [4.78, 5) is 36.1. The van der Waals surface area contributed by atoms with Crippen LogP contribution in [0.2, 0.25) is 0 Å². The quantitative estimate of drug-likeness (QED) is 0.629. The molecule has 0 atom stereocenters. The third kappa shape index (κ3) is 4.43. The molecule has 27 heavy (non-hydrogen) atoms. The Kier molecular flexibility index (Phi) is 5.71. The molecule has 0 radical (unpaired) electrons. The lowest BCUT2D eigenvalue weighted by Gasteiger charge is -2.11. The number of fused-ring (bicyclic) bond motifs is 1. The van der Waals surface area contributed by atoms with E-state index in [9.17, 15) is 14.4 Å². The molecule has 2 aromatic carbocycles. The summed E-state index contributed by atoms with van der Waals surface area (Å²) in [6.07, 6.45) is 1.60. The van der Waals surface area contributed by atoms with Crippen LogP contribution in [0.4, 0.5) is 5.69 Å². The molecule has 1 heterocycles. The molecule has 1 amide bonds. The van der Waals surface area contributed by atoms with Gasteiger partial charge in [0.2, 0.25) is 5.91 Å². The number of nitrogens with zero attached hydrogens (tertiary/aromatic N) is 1. The van der Waals surface area contributed by atoms with Gasteiger partial charge in [-0.15, -0.1) is 0 Å². The first-order valence-corrected chi connectivity index (χ1v) is 9.13. The summed E-state index contributed by atoms with van der Waals surface area (Å²) < 4.78 is 7.44. The first-order chi connectivity index (χ1) is 13.0. The van der Waals surface area contributed by atoms with Crippen LogP contribution >= 0.6 is 15.9 Å². The average molecular weight is 429 g/mol. The molecule has 3 rings (SSSR count). The largest absolute Gasteiger partial charge is 0.462 e. The number of anilines is 1. The Bertz CT molecular complexity index is 1060. The zero-order chi connectivity index (χ0) is 19.4. The smallest absolute Gasteiger partial charge is 0.338 e. The molecule has 0 bridgehead atoms. The number of rotatable bonds is 5. The van der Waals surface area contributed by atoms with Crippen molar-refractivity contribution in [2.75, 3.05) is 11.9 Å². The first-order valence-electron chi connectivity index (χ1n) is 8.33. The van der Waals surface area contributed by atoms with Crippen molar-refractivity contribution in [3.05, 3.63) is 75.0 Å². The van der Waals surface area contributed by atoms with Crippen LogP contribution in [-0.4, -0.2) is 23.1 Å². The van der Waals surface area contributed by atoms with E-state index < -0.39 is 5.97 Å². The van der Waals surface area contributed by atoms with E-state index in [1.54, 1.807) is 54.1 Å². The second kappa shape index (κ2) is 8.18. The van der Waals surface area contributed by atoms with Gasteiger partial charge in [-0.05, 0) is 49.4 Å². The number of benzene rings is 2. The fourth-order valence-corrected chi connectivity index (χ4v) is 3.04. The maximum absolute atomic E-state index is 12.4. The van der Waals surface area contributed by atoms with Crippen molar-refractivity contribution < 1.29 is 14.3 Å². The molecule has 0 saturated heterocycles. The lowest BCUT2D eigenvalue weighted by atomic mass is 10.2. The van der Waals surface area contributed by atoms with Crippen LogP contribution in [0.15, 0.2) is 64.0 Å². The number of carbonyl (C=O) groups is 2. The number of halogens is 1. The Morgan fingerprint density at radius 1 is 1.11 bits per heavy atom. The number of pyridine rings is 1. The Morgan fingerprint density at radius 3 is 2.56 bits per heavy atom. The number of carbonyl (C=O) groups excluding carboxylic acids is 2. The van der Waals surface area contributed by atoms with Crippen molar-refractivity contribution in [1.29, 1.82) is 0 Å². The number of hydrogen-bond donors (Lipinski definition) is 1. The molecule has 1 N–H and O–H groups in total. The predicted octanol–water partition coefficient (Wildman–Crippen LogP) is 3.58. The molecule has 7 heteroatoms. The van der Waals surface area contributed by atoms with Gasteiger partial charge in [-0.1, -0.05) is 15.9 Å². The molecule has 6 nitrogen and oxygen atoms in total. The second-order valence-corrected chi connectivity index (χ2v) is 6.73. The molecule has 0 fully saturated rings. The van der Waals surface area contributed by atoms with Crippen molar-refractivity contribution in [3.8, 4) is 0 Å². The van der Waals surface area contributed by atoms with Crippen molar-refractivity contribution in [1.82, 2.24) is 4.57 Å². The number of hydrogen-bond acceptors (Lipinski definition) is 4. The van der Waals surface area contributed by atoms with Crippen LogP contribution in [0.5, 0.6) is 0 Å².